The number of hydrogen-bond donors (Lipinski definition) is 1. The molecule has 0 fully saturated rings. The van der Waals surface area contributed by atoms with Crippen LogP contribution in [0.2, 0.25) is 0 Å². The molecule has 0 bridgehead atoms. The van der Waals surface area contributed by atoms with E-state index >= 15 is 0 Å². The molecule has 142 valence electrons. The minimum absolute atomic E-state index is 0.175. The summed E-state index contributed by atoms with van der Waals surface area (Å²) in [4.78, 5) is 20.8. The molecule has 28 heavy (non-hydrogen) atoms. The lowest BCUT2D eigenvalue weighted by Crippen LogP contribution is -2.19. The van der Waals surface area contributed by atoms with E-state index in [0.717, 1.165) is 16.9 Å². The number of carbonyl (C=O) groups excluding carboxylic acids is 1. The number of aromatic nitrogens is 2. The van der Waals surface area contributed by atoms with E-state index in [2.05, 4.69) is 20.5 Å². The predicted octanol–water partition coefficient (Wildman–Crippen LogP) is 3.31. The minimum atomic E-state index is -0.445. The maximum atomic E-state index is 12.3. The molecular weight excluding hydrogens is 356 g/mol. The molecule has 7 nitrogen and oxygen atoms in total. The molecule has 3 aromatic rings. The van der Waals surface area contributed by atoms with E-state index < -0.39 is 5.91 Å². The lowest BCUT2D eigenvalue weighted by atomic mass is 10.1. The Morgan fingerprint density at radius 2 is 1.96 bits per heavy atom. The Labute approximate surface area is 163 Å². The van der Waals surface area contributed by atoms with Crippen LogP contribution in [0.4, 0.5) is 0 Å². The van der Waals surface area contributed by atoms with Crippen LogP contribution in [0.3, 0.4) is 0 Å². The monoisotopic (exact) mass is 376 g/mol. The lowest BCUT2D eigenvalue weighted by Gasteiger charge is -2.06. The Kier molecular flexibility index (Phi) is 6.30. The van der Waals surface area contributed by atoms with Crippen molar-refractivity contribution in [1.82, 2.24) is 15.4 Å². The van der Waals surface area contributed by atoms with Crippen molar-refractivity contribution in [3.8, 4) is 22.8 Å². The summed E-state index contributed by atoms with van der Waals surface area (Å²) in [5.74, 6) is 1.05. The topological polar surface area (TPSA) is 85.7 Å². The molecule has 0 aliphatic rings. The molecule has 0 aliphatic heterocycles. The first-order valence-corrected chi connectivity index (χ1v) is 8.72. The summed E-state index contributed by atoms with van der Waals surface area (Å²) < 4.78 is 10.6. The number of benzene rings is 2. The normalized spacial score (nSPS) is 10.6. The van der Waals surface area contributed by atoms with Crippen LogP contribution < -0.4 is 14.9 Å². The van der Waals surface area contributed by atoms with Crippen molar-refractivity contribution < 1.29 is 14.3 Å². The van der Waals surface area contributed by atoms with Crippen molar-refractivity contribution in [3.05, 3.63) is 72.2 Å². The molecule has 0 spiro atoms. The molecule has 1 heterocycles. The fraction of sp³-hybridized carbons (Fsp3) is 0.143. The summed E-state index contributed by atoms with van der Waals surface area (Å²) >= 11 is 0. The van der Waals surface area contributed by atoms with Crippen LogP contribution >= 0.6 is 0 Å². The molecule has 0 aliphatic carbocycles. The summed E-state index contributed by atoms with van der Waals surface area (Å²) in [5, 5.41) is 3.96. The largest absolute Gasteiger partial charge is 0.497 e. The first-order chi connectivity index (χ1) is 13.7. The van der Waals surface area contributed by atoms with Crippen LogP contribution in [0.15, 0.2) is 66.0 Å². The zero-order valence-corrected chi connectivity index (χ0v) is 15.6. The second-order valence-corrected chi connectivity index (χ2v) is 5.72. The maximum absolute atomic E-state index is 12.3. The van der Waals surface area contributed by atoms with E-state index in [1.54, 1.807) is 13.3 Å². The Balaban J connectivity index is 1.68. The average molecular weight is 376 g/mol. The van der Waals surface area contributed by atoms with Crippen LogP contribution in [0, 0.1) is 0 Å². The molecular formula is C21H20N4O3. The van der Waals surface area contributed by atoms with E-state index in [1.165, 1.54) is 12.4 Å². The Morgan fingerprint density at radius 3 is 2.71 bits per heavy atom. The zero-order chi connectivity index (χ0) is 19.8. The predicted molar refractivity (Wildman–Crippen MR) is 107 cm³/mol. The molecule has 3 rings (SSSR count). The van der Waals surface area contributed by atoms with Gasteiger partial charge in [0, 0.05) is 5.56 Å². The average Bonchev–Trinajstić information content (AvgIpc) is 2.75. The van der Waals surface area contributed by atoms with E-state index in [1.807, 2.05) is 55.5 Å². The molecule has 0 saturated heterocycles. The number of ether oxygens (including phenoxy) is 2. The standard InChI is InChI=1S/C21H20N4O3/c1-3-28-17-9-7-16(8-10-17)19-13-22-14-20(24-19)21(26)25-23-12-15-5-4-6-18(11-15)27-2/h4-14H,3H2,1-2H3,(H,25,26)/b23-12+. The smallest absolute Gasteiger partial charge is 0.291 e. The molecule has 0 atom stereocenters. The second-order valence-electron chi connectivity index (χ2n) is 5.72. The second kappa shape index (κ2) is 9.27. The molecule has 0 radical (unpaired) electrons. The van der Waals surface area contributed by atoms with Crippen LogP contribution in [0.5, 0.6) is 11.5 Å². The summed E-state index contributed by atoms with van der Waals surface area (Å²) in [5.41, 5.74) is 4.86. The van der Waals surface area contributed by atoms with Crippen molar-refractivity contribution in [2.75, 3.05) is 13.7 Å². The van der Waals surface area contributed by atoms with Gasteiger partial charge in [-0.3, -0.25) is 9.78 Å². The van der Waals surface area contributed by atoms with Gasteiger partial charge in [0.15, 0.2) is 0 Å². The maximum Gasteiger partial charge on any atom is 0.291 e. The van der Waals surface area contributed by atoms with E-state index in [4.69, 9.17) is 9.47 Å². The van der Waals surface area contributed by atoms with Gasteiger partial charge in [0.1, 0.15) is 17.2 Å². The van der Waals surface area contributed by atoms with Gasteiger partial charge in [-0.05, 0) is 48.9 Å². The van der Waals surface area contributed by atoms with Gasteiger partial charge in [0.25, 0.3) is 5.91 Å². The zero-order valence-electron chi connectivity index (χ0n) is 15.6. The van der Waals surface area contributed by atoms with Crippen molar-refractivity contribution in [2.24, 2.45) is 5.10 Å². The van der Waals surface area contributed by atoms with Gasteiger partial charge in [-0.15, -0.1) is 0 Å². The van der Waals surface area contributed by atoms with E-state index in [9.17, 15) is 4.79 Å². The molecule has 0 saturated carbocycles. The molecule has 1 N–H and O–H groups in total. The van der Waals surface area contributed by atoms with Gasteiger partial charge in [0.05, 0.1) is 38.0 Å². The third-order valence-electron chi connectivity index (χ3n) is 3.80. The van der Waals surface area contributed by atoms with Gasteiger partial charge in [-0.1, -0.05) is 12.1 Å². The summed E-state index contributed by atoms with van der Waals surface area (Å²) in [6.07, 6.45) is 4.53. The fourth-order valence-electron chi connectivity index (χ4n) is 2.45. The number of methoxy groups -OCH3 is 1. The van der Waals surface area contributed by atoms with E-state index in [0.29, 0.717) is 18.1 Å². The quantitative estimate of drug-likeness (QED) is 0.505. The minimum Gasteiger partial charge on any atom is -0.497 e. The number of amides is 1. The van der Waals surface area contributed by atoms with Gasteiger partial charge < -0.3 is 9.47 Å². The number of rotatable bonds is 7. The third-order valence-corrected chi connectivity index (χ3v) is 3.80. The van der Waals surface area contributed by atoms with Gasteiger partial charge in [-0.25, -0.2) is 10.4 Å². The fourth-order valence-corrected chi connectivity index (χ4v) is 2.45. The highest BCUT2D eigenvalue weighted by molar-refractivity contribution is 5.93. The van der Waals surface area contributed by atoms with Gasteiger partial charge >= 0.3 is 0 Å². The van der Waals surface area contributed by atoms with Crippen molar-refractivity contribution in [2.45, 2.75) is 6.92 Å². The third kappa shape index (κ3) is 4.91. The van der Waals surface area contributed by atoms with E-state index in [-0.39, 0.29) is 5.69 Å². The number of nitrogens with zero attached hydrogens (tertiary/aromatic N) is 3. The lowest BCUT2D eigenvalue weighted by molar-refractivity contribution is 0.0950. The van der Waals surface area contributed by atoms with Gasteiger partial charge in [-0.2, -0.15) is 5.10 Å². The van der Waals surface area contributed by atoms with Crippen LogP contribution in [0.1, 0.15) is 23.0 Å². The van der Waals surface area contributed by atoms with Crippen molar-refractivity contribution in [3.63, 3.8) is 0 Å². The highest BCUT2D eigenvalue weighted by atomic mass is 16.5. The first kappa shape index (κ1) is 19.0. The van der Waals surface area contributed by atoms with Crippen molar-refractivity contribution >= 4 is 12.1 Å². The Hall–Kier alpha value is -3.74. The van der Waals surface area contributed by atoms with Crippen LogP contribution in [0.25, 0.3) is 11.3 Å². The van der Waals surface area contributed by atoms with Crippen LogP contribution in [-0.2, 0) is 0 Å². The highest BCUT2D eigenvalue weighted by Gasteiger charge is 2.09. The summed E-state index contributed by atoms with van der Waals surface area (Å²) in [7, 11) is 1.59. The Bertz CT molecular complexity index is 971. The number of hydrazone groups is 1. The van der Waals surface area contributed by atoms with Crippen LogP contribution in [-0.4, -0.2) is 35.8 Å². The van der Waals surface area contributed by atoms with Crippen molar-refractivity contribution in [1.29, 1.82) is 0 Å². The Morgan fingerprint density at radius 1 is 1.14 bits per heavy atom. The highest BCUT2D eigenvalue weighted by Crippen LogP contribution is 2.20. The summed E-state index contributed by atoms with van der Waals surface area (Å²) in [6.45, 7) is 2.53. The summed E-state index contributed by atoms with van der Waals surface area (Å²) in [6, 6.07) is 14.8. The molecule has 2 aromatic carbocycles. The molecule has 7 heteroatoms. The van der Waals surface area contributed by atoms with Gasteiger partial charge in [0.2, 0.25) is 0 Å². The first-order valence-electron chi connectivity index (χ1n) is 8.72. The molecule has 1 aromatic heterocycles. The molecule has 1 amide bonds. The number of nitrogens with one attached hydrogen (secondary N) is 1. The SMILES string of the molecule is CCOc1ccc(-c2cncc(C(=O)N/N=C/c3cccc(OC)c3)n2)cc1. The molecule has 0 unspecified atom stereocenters. The number of hydrogen-bond acceptors (Lipinski definition) is 6. The number of carbonyl (C=O) groups is 1.